The van der Waals surface area contributed by atoms with Crippen LogP contribution < -0.4 is 0 Å². The first kappa shape index (κ1) is 16.2. The van der Waals surface area contributed by atoms with Gasteiger partial charge in [-0.3, -0.25) is 9.59 Å². The van der Waals surface area contributed by atoms with Crippen molar-refractivity contribution >= 4 is 11.9 Å². The Balaban J connectivity index is 2.07. The lowest BCUT2D eigenvalue weighted by Crippen LogP contribution is -2.52. The number of carbonyl (C=O) groups excluding carboxylic acids is 2. The SMILES string of the molecule is COC(=O)[C@H]1[C@H](C(=O)OC)[C@H](c2ccccc2)[C@H]1c1ccccc1. The van der Waals surface area contributed by atoms with Crippen molar-refractivity contribution in [1.29, 1.82) is 0 Å². The minimum Gasteiger partial charge on any atom is -0.469 e. The predicted octanol–water partition coefficient (Wildman–Crippen LogP) is 3.15. The van der Waals surface area contributed by atoms with Gasteiger partial charge in [0, 0.05) is 11.8 Å². The van der Waals surface area contributed by atoms with Crippen LogP contribution in [0.25, 0.3) is 0 Å². The van der Waals surface area contributed by atoms with Crippen molar-refractivity contribution < 1.29 is 19.1 Å². The second kappa shape index (κ2) is 6.87. The van der Waals surface area contributed by atoms with Gasteiger partial charge in [0.1, 0.15) is 0 Å². The van der Waals surface area contributed by atoms with Gasteiger partial charge in [-0.2, -0.15) is 0 Å². The molecule has 1 saturated carbocycles. The van der Waals surface area contributed by atoms with Crippen LogP contribution in [0.3, 0.4) is 0 Å². The van der Waals surface area contributed by atoms with Crippen LogP contribution in [0.4, 0.5) is 0 Å². The molecule has 0 amide bonds. The maximum absolute atomic E-state index is 12.4. The van der Waals surface area contributed by atoms with Crippen molar-refractivity contribution in [2.45, 2.75) is 11.8 Å². The fraction of sp³-hybridized carbons (Fsp3) is 0.300. The van der Waals surface area contributed by atoms with E-state index in [1.54, 1.807) is 0 Å². The van der Waals surface area contributed by atoms with Crippen LogP contribution >= 0.6 is 0 Å². The topological polar surface area (TPSA) is 52.6 Å². The summed E-state index contributed by atoms with van der Waals surface area (Å²) in [4.78, 5) is 24.7. The third-order valence-electron chi connectivity index (χ3n) is 4.86. The molecule has 0 N–H and O–H groups in total. The van der Waals surface area contributed by atoms with Gasteiger partial charge in [-0.15, -0.1) is 0 Å². The molecule has 24 heavy (non-hydrogen) atoms. The Labute approximate surface area is 141 Å². The summed E-state index contributed by atoms with van der Waals surface area (Å²) in [5.74, 6) is -2.02. The first-order chi connectivity index (χ1) is 11.7. The van der Waals surface area contributed by atoms with E-state index in [0.717, 1.165) is 11.1 Å². The highest BCUT2D eigenvalue weighted by Crippen LogP contribution is 2.58. The lowest BCUT2D eigenvalue weighted by molar-refractivity contribution is -0.168. The monoisotopic (exact) mass is 324 g/mol. The maximum Gasteiger partial charge on any atom is 0.310 e. The molecular weight excluding hydrogens is 304 g/mol. The first-order valence-electron chi connectivity index (χ1n) is 7.94. The van der Waals surface area contributed by atoms with Crippen molar-refractivity contribution in [3.05, 3.63) is 71.8 Å². The Bertz CT molecular complexity index is 647. The van der Waals surface area contributed by atoms with Gasteiger partial charge in [-0.1, -0.05) is 60.7 Å². The fourth-order valence-electron chi connectivity index (χ4n) is 3.79. The molecule has 4 nitrogen and oxygen atoms in total. The maximum atomic E-state index is 12.4. The molecule has 0 bridgehead atoms. The molecule has 4 atom stereocenters. The molecule has 1 fully saturated rings. The van der Waals surface area contributed by atoms with Gasteiger partial charge in [0.15, 0.2) is 0 Å². The Morgan fingerprint density at radius 1 is 0.667 bits per heavy atom. The van der Waals surface area contributed by atoms with E-state index in [1.165, 1.54) is 14.2 Å². The molecule has 3 rings (SSSR count). The van der Waals surface area contributed by atoms with Crippen LogP contribution in [-0.2, 0) is 19.1 Å². The van der Waals surface area contributed by atoms with E-state index in [4.69, 9.17) is 9.47 Å². The molecule has 0 spiro atoms. The lowest BCUT2D eigenvalue weighted by atomic mass is 9.52. The van der Waals surface area contributed by atoms with Crippen LogP contribution in [0.2, 0.25) is 0 Å². The van der Waals surface area contributed by atoms with Gasteiger partial charge >= 0.3 is 11.9 Å². The van der Waals surface area contributed by atoms with Gasteiger partial charge in [0.05, 0.1) is 26.1 Å². The highest BCUT2D eigenvalue weighted by Gasteiger charge is 2.59. The number of ether oxygens (including phenoxy) is 2. The normalized spacial score (nSPS) is 25.4. The molecule has 4 heteroatoms. The van der Waals surface area contributed by atoms with E-state index < -0.39 is 11.8 Å². The van der Waals surface area contributed by atoms with Crippen molar-refractivity contribution in [3.63, 3.8) is 0 Å². The number of hydrogen-bond donors (Lipinski definition) is 0. The van der Waals surface area contributed by atoms with E-state index >= 15 is 0 Å². The van der Waals surface area contributed by atoms with Gasteiger partial charge in [-0.05, 0) is 11.1 Å². The number of hydrogen-bond acceptors (Lipinski definition) is 4. The summed E-state index contributed by atoms with van der Waals surface area (Å²) in [5, 5.41) is 0. The molecule has 1 aliphatic carbocycles. The van der Waals surface area contributed by atoms with Crippen LogP contribution in [0.1, 0.15) is 23.0 Å². The first-order valence-corrected chi connectivity index (χ1v) is 7.94. The number of rotatable bonds is 4. The molecular formula is C20H20O4. The molecule has 0 unspecified atom stereocenters. The van der Waals surface area contributed by atoms with Crippen molar-refractivity contribution in [1.82, 2.24) is 0 Å². The Kier molecular flexibility index (Phi) is 4.65. The van der Waals surface area contributed by atoms with E-state index in [1.807, 2.05) is 60.7 Å². The van der Waals surface area contributed by atoms with E-state index in [0.29, 0.717) is 0 Å². The molecule has 124 valence electrons. The minimum absolute atomic E-state index is 0.106. The largest absolute Gasteiger partial charge is 0.469 e. The minimum atomic E-state index is -0.532. The van der Waals surface area contributed by atoms with Crippen molar-refractivity contribution in [2.24, 2.45) is 11.8 Å². The van der Waals surface area contributed by atoms with Crippen LogP contribution in [0, 0.1) is 11.8 Å². The van der Waals surface area contributed by atoms with Crippen molar-refractivity contribution in [3.8, 4) is 0 Å². The third-order valence-corrected chi connectivity index (χ3v) is 4.86. The molecule has 0 radical (unpaired) electrons. The Hall–Kier alpha value is -2.62. The lowest BCUT2D eigenvalue weighted by Gasteiger charge is -2.49. The fourth-order valence-corrected chi connectivity index (χ4v) is 3.79. The summed E-state index contributed by atoms with van der Waals surface area (Å²) < 4.78 is 9.94. The number of esters is 2. The zero-order valence-electron chi connectivity index (χ0n) is 13.7. The predicted molar refractivity (Wildman–Crippen MR) is 89.4 cm³/mol. The zero-order valence-corrected chi connectivity index (χ0v) is 13.7. The molecule has 2 aromatic carbocycles. The second-order valence-electron chi connectivity index (χ2n) is 5.97. The number of benzene rings is 2. The quantitative estimate of drug-likeness (QED) is 0.811. The number of carbonyl (C=O) groups is 2. The Morgan fingerprint density at radius 2 is 1.00 bits per heavy atom. The summed E-state index contributed by atoms with van der Waals surface area (Å²) in [6.45, 7) is 0. The van der Waals surface area contributed by atoms with E-state index in [-0.39, 0.29) is 23.8 Å². The standard InChI is InChI=1S/C20H20O4/c1-23-19(21)17-15(13-9-5-3-6-10-13)16(18(17)20(22)24-2)14-11-7-4-8-12-14/h3-12,15-18H,1-2H3/t15-,16-,17-,18-/m1/s1. The zero-order chi connectivity index (χ0) is 17.1. The van der Waals surface area contributed by atoms with Crippen LogP contribution in [0.5, 0.6) is 0 Å². The number of methoxy groups -OCH3 is 2. The smallest absolute Gasteiger partial charge is 0.310 e. The molecule has 0 heterocycles. The third kappa shape index (κ3) is 2.68. The average Bonchev–Trinajstić information content (AvgIpc) is 2.62. The Morgan fingerprint density at radius 3 is 1.29 bits per heavy atom. The summed E-state index contributed by atoms with van der Waals surface area (Å²) in [5.41, 5.74) is 2.06. The highest BCUT2D eigenvalue weighted by molar-refractivity contribution is 5.87. The van der Waals surface area contributed by atoms with E-state index in [2.05, 4.69) is 0 Å². The summed E-state index contributed by atoms with van der Waals surface area (Å²) in [6, 6.07) is 19.6. The van der Waals surface area contributed by atoms with Gasteiger partial charge in [0.25, 0.3) is 0 Å². The highest BCUT2D eigenvalue weighted by atomic mass is 16.5. The summed E-state index contributed by atoms with van der Waals surface area (Å²) in [7, 11) is 2.71. The van der Waals surface area contributed by atoms with Gasteiger partial charge in [0.2, 0.25) is 0 Å². The average molecular weight is 324 g/mol. The molecule has 0 saturated heterocycles. The summed E-state index contributed by atoms with van der Waals surface area (Å²) in [6.07, 6.45) is 0. The second-order valence-corrected chi connectivity index (χ2v) is 5.97. The summed E-state index contributed by atoms with van der Waals surface area (Å²) >= 11 is 0. The molecule has 2 aromatic rings. The van der Waals surface area contributed by atoms with Gasteiger partial charge in [-0.25, -0.2) is 0 Å². The molecule has 1 aliphatic rings. The van der Waals surface area contributed by atoms with Crippen LogP contribution in [-0.4, -0.2) is 26.2 Å². The van der Waals surface area contributed by atoms with Crippen LogP contribution in [0.15, 0.2) is 60.7 Å². The molecule has 0 aromatic heterocycles. The molecule has 0 aliphatic heterocycles. The van der Waals surface area contributed by atoms with Crippen molar-refractivity contribution in [2.75, 3.05) is 14.2 Å². The van der Waals surface area contributed by atoms with E-state index in [9.17, 15) is 9.59 Å². The van der Waals surface area contributed by atoms with Gasteiger partial charge < -0.3 is 9.47 Å².